The summed E-state index contributed by atoms with van der Waals surface area (Å²) in [5, 5.41) is 4.28. The molecular weight excluding hydrogens is 304 g/mol. The Bertz CT molecular complexity index is 616. The molecule has 2 aromatic rings. The Hall–Kier alpha value is -1.76. The molecule has 0 unspecified atom stereocenters. The maximum Gasteiger partial charge on any atom is 0.0746 e. The molecule has 0 aromatic carbocycles. The zero-order valence-corrected chi connectivity index (χ0v) is 14.5. The molecule has 0 radical (unpaired) electrons. The Balaban J connectivity index is 1.68. The lowest BCUT2D eigenvalue weighted by Crippen LogP contribution is -2.38. The third-order valence-electron chi connectivity index (χ3n) is 4.53. The Labute approximate surface area is 143 Å². The second-order valence-electron chi connectivity index (χ2n) is 6.32. The number of likely N-dealkylation sites (tertiary alicyclic amines) is 1. The van der Waals surface area contributed by atoms with Gasteiger partial charge >= 0.3 is 0 Å². The number of ether oxygens (including phenoxy) is 2. The van der Waals surface area contributed by atoms with Crippen LogP contribution in [0.1, 0.15) is 17.5 Å². The van der Waals surface area contributed by atoms with Crippen molar-refractivity contribution in [3.8, 4) is 0 Å². The molecule has 3 rings (SSSR count). The summed E-state index contributed by atoms with van der Waals surface area (Å²) in [6, 6.07) is 4.49. The van der Waals surface area contributed by atoms with E-state index in [1.54, 1.807) is 7.11 Å². The zero-order chi connectivity index (χ0) is 16.8. The molecule has 0 bridgehead atoms. The average Bonchev–Trinajstić information content (AvgIpc) is 3.17. The van der Waals surface area contributed by atoms with Crippen molar-refractivity contribution in [1.29, 1.82) is 0 Å². The summed E-state index contributed by atoms with van der Waals surface area (Å²) < 4.78 is 13.1. The molecule has 3 heterocycles. The lowest BCUT2D eigenvalue weighted by Gasteiger charge is -2.28. The van der Waals surface area contributed by atoms with E-state index in [4.69, 9.17) is 9.47 Å². The van der Waals surface area contributed by atoms with E-state index < -0.39 is 0 Å². The second-order valence-corrected chi connectivity index (χ2v) is 6.32. The number of methoxy groups -OCH3 is 1. The molecule has 0 amide bonds. The number of rotatable bonds is 8. The highest BCUT2D eigenvalue weighted by Crippen LogP contribution is 2.26. The van der Waals surface area contributed by atoms with Crippen molar-refractivity contribution in [3.05, 3.63) is 48.0 Å². The van der Waals surface area contributed by atoms with E-state index in [-0.39, 0.29) is 6.10 Å². The highest BCUT2D eigenvalue weighted by Gasteiger charge is 2.35. The van der Waals surface area contributed by atoms with Gasteiger partial charge in [0.2, 0.25) is 0 Å². The molecule has 0 aliphatic carbocycles. The molecule has 130 valence electrons. The van der Waals surface area contributed by atoms with Crippen LogP contribution in [0.2, 0.25) is 0 Å². The fourth-order valence-corrected chi connectivity index (χ4v) is 3.37. The second kappa shape index (κ2) is 8.37. The van der Waals surface area contributed by atoms with Gasteiger partial charge in [0.15, 0.2) is 0 Å². The van der Waals surface area contributed by atoms with E-state index >= 15 is 0 Å². The van der Waals surface area contributed by atoms with Crippen LogP contribution < -0.4 is 0 Å². The molecule has 1 aliphatic rings. The lowest BCUT2D eigenvalue weighted by molar-refractivity contribution is -0.00132. The zero-order valence-electron chi connectivity index (χ0n) is 14.5. The molecule has 2 aromatic heterocycles. The van der Waals surface area contributed by atoms with E-state index in [9.17, 15) is 0 Å². The molecule has 6 heteroatoms. The number of aryl methyl sites for hydroxylation is 1. The standard InChI is InChI=1S/C18H26N4O2/c1-21-13-16(12-20-21)14-22-7-5-18(24-9-8-23-2)17(22)10-15-4-3-6-19-11-15/h3-4,6,11-13,17-18H,5,7-10,14H2,1-2H3/t17-,18+/m0/s1. The first-order valence-electron chi connectivity index (χ1n) is 8.47. The number of aromatic nitrogens is 3. The van der Waals surface area contributed by atoms with Gasteiger partial charge in [-0.3, -0.25) is 14.6 Å². The molecule has 2 atom stereocenters. The minimum atomic E-state index is 0.233. The summed E-state index contributed by atoms with van der Waals surface area (Å²) in [7, 11) is 3.66. The summed E-state index contributed by atoms with van der Waals surface area (Å²) >= 11 is 0. The van der Waals surface area contributed by atoms with Crippen molar-refractivity contribution in [2.24, 2.45) is 7.05 Å². The maximum absolute atomic E-state index is 6.09. The van der Waals surface area contributed by atoms with E-state index in [1.807, 2.05) is 36.4 Å². The topological polar surface area (TPSA) is 52.4 Å². The number of nitrogens with zero attached hydrogens (tertiary/aromatic N) is 4. The lowest BCUT2D eigenvalue weighted by atomic mass is 10.0. The van der Waals surface area contributed by atoms with E-state index in [0.717, 1.165) is 25.9 Å². The van der Waals surface area contributed by atoms with Crippen molar-refractivity contribution in [2.75, 3.05) is 26.9 Å². The van der Waals surface area contributed by atoms with Crippen molar-refractivity contribution >= 4 is 0 Å². The monoisotopic (exact) mass is 330 g/mol. The van der Waals surface area contributed by atoms with Gasteiger partial charge in [-0.05, 0) is 24.5 Å². The summed E-state index contributed by atoms with van der Waals surface area (Å²) in [5.74, 6) is 0. The smallest absolute Gasteiger partial charge is 0.0746 e. The van der Waals surface area contributed by atoms with Gasteiger partial charge in [0.1, 0.15) is 0 Å². The number of hydrogen-bond donors (Lipinski definition) is 0. The van der Waals surface area contributed by atoms with Crippen molar-refractivity contribution in [2.45, 2.75) is 31.5 Å². The molecule has 6 nitrogen and oxygen atoms in total. The van der Waals surface area contributed by atoms with Crippen molar-refractivity contribution in [3.63, 3.8) is 0 Å². The third-order valence-corrected chi connectivity index (χ3v) is 4.53. The first kappa shape index (κ1) is 17.1. The van der Waals surface area contributed by atoms with Gasteiger partial charge in [-0.1, -0.05) is 6.07 Å². The maximum atomic E-state index is 6.09. The summed E-state index contributed by atoms with van der Waals surface area (Å²) in [4.78, 5) is 6.75. The van der Waals surface area contributed by atoms with Gasteiger partial charge in [0.25, 0.3) is 0 Å². The van der Waals surface area contributed by atoms with Gasteiger partial charge in [-0.15, -0.1) is 0 Å². The van der Waals surface area contributed by atoms with Crippen LogP contribution in [0.5, 0.6) is 0 Å². The summed E-state index contributed by atoms with van der Waals surface area (Å²) in [6.07, 6.45) is 10.0. The van der Waals surface area contributed by atoms with Gasteiger partial charge in [0, 0.05) is 57.4 Å². The first-order valence-corrected chi connectivity index (χ1v) is 8.47. The minimum absolute atomic E-state index is 0.233. The van der Waals surface area contributed by atoms with Crippen molar-refractivity contribution < 1.29 is 9.47 Å². The quantitative estimate of drug-likeness (QED) is 0.689. The summed E-state index contributed by atoms with van der Waals surface area (Å²) in [5.41, 5.74) is 2.49. The van der Waals surface area contributed by atoms with Crippen LogP contribution in [0.25, 0.3) is 0 Å². The van der Waals surface area contributed by atoms with Crippen LogP contribution in [0.4, 0.5) is 0 Å². The van der Waals surface area contributed by atoms with Gasteiger partial charge < -0.3 is 9.47 Å². The van der Waals surface area contributed by atoms with E-state index in [0.29, 0.717) is 19.3 Å². The van der Waals surface area contributed by atoms with Crippen LogP contribution in [-0.2, 0) is 29.5 Å². The largest absolute Gasteiger partial charge is 0.382 e. The normalized spacial score (nSPS) is 21.4. The van der Waals surface area contributed by atoms with E-state index in [1.165, 1.54) is 11.1 Å². The van der Waals surface area contributed by atoms with Gasteiger partial charge in [-0.25, -0.2) is 0 Å². The fourth-order valence-electron chi connectivity index (χ4n) is 3.37. The van der Waals surface area contributed by atoms with Gasteiger partial charge in [0.05, 0.1) is 25.5 Å². The Morgan fingerprint density at radius 2 is 2.17 bits per heavy atom. The molecule has 0 saturated carbocycles. The molecule has 0 N–H and O–H groups in total. The van der Waals surface area contributed by atoms with Crippen LogP contribution in [0.15, 0.2) is 36.9 Å². The Morgan fingerprint density at radius 3 is 2.88 bits per heavy atom. The minimum Gasteiger partial charge on any atom is -0.382 e. The van der Waals surface area contributed by atoms with Gasteiger partial charge in [-0.2, -0.15) is 5.10 Å². The predicted octanol–water partition coefficient (Wildman–Crippen LogP) is 1.66. The van der Waals surface area contributed by atoms with Crippen molar-refractivity contribution in [1.82, 2.24) is 19.7 Å². The van der Waals surface area contributed by atoms with Crippen LogP contribution in [0.3, 0.4) is 0 Å². The van der Waals surface area contributed by atoms with E-state index in [2.05, 4.69) is 27.2 Å². The molecular formula is C18H26N4O2. The number of pyridine rings is 1. The van der Waals surface area contributed by atoms with Crippen LogP contribution in [-0.4, -0.2) is 58.7 Å². The molecule has 1 fully saturated rings. The SMILES string of the molecule is COCCO[C@@H]1CCN(Cc2cnn(C)c2)[C@H]1Cc1cccnc1. The average molecular weight is 330 g/mol. The van der Waals surface area contributed by atoms with Crippen LogP contribution in [0, 0.1) is 0 Å². The highest BCUT2D eigenvalue weighted by atomic mass is 16.5. The Morgan fingerprint density at radius 1 is 1.25 bits per heavy atom. The molecule has 1 aliphatic heterocycles. The predicted molar refractivity (Wildman–Crippen MR) is 91.6 cm³/mol. The highest BCUT2D eigenvalue weighted by molar-refractivity contribution is 5.13. The molecule has 1 saturated heterocycles. The Kier molecular flexibility index (Phi) is 5.96. The molecule has 0 spiro atoms. The molecule has 24 heavy (non-hydrogen) atoms. The third kappa shape index (κ3) is 4.41. The first-order chi connectivity index (χ1) is 11.8. The number of hydrogen-bond acceptors (Lipinski definition) is 5. The fraction of sp³-hybridized carbons (Fsp3) is 0.556. The summed E-state index contributed by atoms with van der Waals surface area (Å²) in [6.45, 7) is 3.23. The van der Waals surface area contributed by atoms with Crippen LogP contribution >= 0.6 is 0 Å².